The van der Waals surface area contributed by atoms with Crippen LogP contribution in [0.4, 0.5) is 0 Å². The number of piperidine rings is 1. The molecule has 0 radical (unpaired) electrons. The molecular formula is C19H24N2O4S2. The Bertz CT molecular complexity index is 896. The van der Waals surface area contributed by atoms with Crippen molar-refractivity contribution in [2.45, 2.75) is 38.7 Å². The third-order valence-electron chi connectivity index (χ3n) is 4.58. The van der Waals surface area contributed by atoms with Gasteiger partial charge in [0, 0.05) is 18.5 Å². The van der Waals surface area contributed by atoms with Crippen molar-refractivity contribution in [1.29, 1.82) is 0 Å². The number of nitrogens with zero attached hydrogens (tertiary/aromatic N) is 2. The van der Waals surface area contributed by atoms with Gasteiger partial charge in [-0.15, -0.1) is 11.3 Å². The fourth-order valence-electron chi connectivity index (χ4n) is 3.41. The zero-order chi connectivity index (χ0) is 19.6. The second-order valence-electron chi connectivity index (χ2n) is 7.23. The van der Waals surface area contributed by atoms with Crippen molar-refractivity contribution in [3.05, 3.63) is 45.9 Å². The molecule has 1 fully saturated rings. The van der Waals surface area contributed by atoms with E-state index in [0.717, 1.165) is 11.4 Å². The van der Waals surface area contributed by atoms with Crippen molar-refractivity contribution >= 4 is 27.3 Å². The maximum Gasteiger partial charge on any atom is 0.338 e. The third kappa shape index (κ3) is 4.75. The summed E-state index contributed by atoms with van der Waals surface area (Å²) in [5.41, 5.74) is 1.03. The predicted octanol–water partition coefficient (Wildman–Crippen LogP) is 3.48. The first kappa shape index (κ1) is 20.0. The van der Waals surface area contributed by atoms with Crippen molar-refractivity contribution in [3.63, 3.8) is 0 Å². The van der Waals surface area contributed by atoms with E-state index in [1.807, 2.05) is 12.3 Å². The van der Waals surface area contributed by atoms with E-state index >= 15 is 0 Å². The highest BCUT2D eigenvalue weighted by molar-refractivity contribution is 7.89. The molecule has 0 N–H and O–H groups in total. The molecule has 3 rings (SSSR count). The fraction of sp³-hybridized carbons (Fsp3) is 0.474. The largest absolute Gasteiger partial charge is 0.456 e. The number of carbonyl (C=O) groups is 1. The van der Waals surface area contributed by atoms with Crippen LogP contribution in [0.3, 0.4) is 0 Å². The Kier molecular flexibility index (Phi) is 5.98. The van der Waals surface area contributed by atoms with E-state index in [1.165, 1.54) is 35.6 Å². The molecule has 1 aromatic heterocycles. The average molecular weight is 409 g/mol. The first-order valence-corrected chi connectivity index (χ1v) is 11.3. The summed E-state index contributed by atoms with van der Waals surface area (Å²) in [5.74, 6) is 0.184. The summed E-state index contributed by atoms with van der Waals surface area (Å²) in [4.78, 5) is 16.6. The summed E-state index contributed by atoms with van der Waals surface area (Å²) < 4.78 is 32.5. The van der Waals surface area contributed by atoms with E-state index in [2.05, 4.69) is 18.8 Å². The van der Waals surface area contributed by atoms with Crippen LogP contribution in [0.15, 0.2) is 34.5 Å². The zero-order valence-corrected chi connectivity index (χ0v) is 17.3. The molecule has 2 atom stereocenters. The topological polar surface area (TPSA) is 76.6 Å². The number of hydrogen-bond donors (Lipinski definition) is 0. The van der Waals surface area contributed by atoms with Gasteiger partial charge in [-0.05, 0) is 49.4 Å². The number of aryl methyl sites for hydroxylation is 1. The summed E-state index contributed by atoms with van der Waals surface area (Å²) in [7, 11) is -3.55. The minimum absolute atomic E-state index is 0.104. The Morgan fingerprint density at radius 2 is 1.85 bits per heavy atom. The Morgan fingerprint density at radius 1 is 1.22 bits per heavy atom. The number of esters is 1. The van der Waals surface area contributed by atoms with Gasteiger partial charge in [0.05, 0.1) is 21.2 Å². The van der Waals surface area contributed by atoms with Gasteiger partial charge in [0.1, 0.15) is 6.61 Å². The van der Waals surface area contributed by atoms with Crippen LogP contribution in [-0.2, 0) is 21.4 Å². The first-order chi connectivity index (χ1) is 12.8. The molecule has 0 aliphatic carbocycles. The van der Waals surface area contributed by atoms with Crippen LogP contribution >= 0.6 is 11.3 Å². The molecule has 27 heavy (non-hydrogen) atoms. The van der Waals surface area contributed by atoms with Crippen molar-refractivity contribution in [1.82, 2.24) is 9.29 Å². The Morgan fingerprint density at radius 3 is 2.41 bits per heavy atom. The maximum absolute atomic E-state index is 12.9. The molecule has 1 saturated heterocycles. The Labute approximate surface area is 164 Å². The quantitative estimate of drug-likeness (QED) is 0.708. The molecular weight excluding hydrogens is 384 g/mol. The summed E-state index contributed by atoms with van der Waals surface area (Å²) in [6.45, 7) is 7.20. The van der Waals surface area contributed by atoms with Gasteiger partial charge in [0.2, 0.25) is 10.0 Å². The number of carbonyl (C=O) groups excluding carboxylic acids is 1. The van der Waals surface area contributed by atoms with Gasteiger partial charge in [-0.1, -0.05) is 13.8 Å². The Hall–Kier alpha value is -1.77. The van der Waals surface area contributed by atoms with E-state index in [4.69, 9.17) is 4.74 Å². The van der Waals surface area contributed by atoms with Crippen LogP contribution in [0.2, 0.25) is 0 Å². The highest BCUT2D eigenvalue weighted by Gasteiger charge is 2.31. The molecule has 6 nitrogen and oxygen atoms in total. The lowest BCUT2D eigenvalue weighted by Gasteiger charge is -2.34. The summed E-state index contributed by atoms with van der Waals surface area (Å²) in [6, 6.07) is 5.95. The number of aromatic nitrogens is 1. The second-order valence-corrected chi connectivity index (χ2v) is 10.2. The summed E-state index contributed by atoms with van der Waals surface area (Å²) in [6.07, 6.45) is 1.04. The van der Waals surface area contributed by atoms with Gasteiger partial charge in [-0.25, -0.2) is 18.2 Å². The van der Waals surface area contributed by atoms with Crippen molar-refractivity contribution < 1.29 is 17.9 Å². The normalized spacial score (nSPS) is 21.1. The van der Waals surface area contributed by atoms with E-state index in [9.17, 15) is 13.2 Å². The molecule has 2 aromatic rings. The summed E-state index contributed by atoms with van der Waals surface area (Å²) in [5, 5.41) is 2.76. The Balaban J connectivity index is 1.67. The van der Waals surface area contributed by atoms with Crippen LogP contribution < -0.4 is 0 Å². The molecule has 0 spiro atoms. The fourth-order valence-corrected chi connectivity index (χ4v) is 5.69. The van der Waals surface area contributed by atoms with Crippen LogP contribution in [-0.4, -0.2) is 36.8 Å². The molecule has 146 valence electrons. The SMILES string of the molecule is Cc1nc(COC(=O)c2ccc(S(=O)(=O)N3C[C@@H](C)C[C@H](C)C3)cc2)cs1. The number of hydrogen-bond acceptors (Lipinski definition) is 6. The number of rotatable bonds is 5. The second kappa shape index (κ2) is 8.08. The van der Waals surface area contributed by atoms with Crippen molar-refractivity contribution in [3.8, 4) is 0 Å². The lowest BCUT2D eigenvalue weighted by molar-refractivity contribution is 0.0468. The maximum atomic E-state index is 12.9. The van der Waals surface area contributed by atoms with Crippen molar-refractivity contribution in [2.24, 2.45) is 11.8 Å². The number of ether oxygens (including phenoxy) is 1. The van der Waals surface area contributed by atoms with Gasteiger partial charge < -0.3 is 4.74 Å². The third-order valence-corrected chi connectivity index (χ3v) is 7.25. The van der Waals surface area contributed by atoms with Crippen LogP contribution in [0, 0.1) is 18.8 Å². The molecule has 0 unspecified atom stereocenters. The molecule has 0 saturated carbocycles. The highest BCUT2D eigenvalue weighted by atomic mass is 32.2. The lowest BCUT2D eigenvalue weighted by Crippen LogP contribution is -2.42. The van der Waals surface area contributed by atoms with Crippen LogP contribution in [0.25, 0.3) is 0 Å². The minimum Gasteiger partial charge on any atom is -0.456 e. The molecule has 0 amide bonds. The summed E-state index contributed by atoms with van der Waals surface area (Å²) >= 11 is 1.50. The molecule has 1 aliphatic heterocycles. The predicted molar refractivity (Wildman–Crippen MR) is 104 cm³/mol. The van der Waals surface area contributed by atoms with Gasteiger partial charge in [0.15, 0.2) is 0 Å². The van der Waals surface area contributed by atoms with E-state index in [0.29, 0.717) is 36.2 Å². The van der Waals surface area contributed by atoms with Crippen LogP contribution in [0.1, 0.15) is 41.3 Å². The molecule has 8 heteroatoms. The molecule has 2 heterocycles. The number of thiazole rings is 1. The molecule has 1 aromatic carbocycles. The smallest absolute Gasteiger partial charge is 0.338 e. The standard InChI is InChI=1S/C19H24N2O4S2/c1-13-8-14(2)10-21(9-13)27(23,24)18-6-4-16(5-7-18)19(22)25-11-17-12-26-15(3)20-17/h4-7,12-14H,8-11H2,1-3H3/t13-,14-/m0/s1. The van der Waals surface area contributed by atoms with Gasteiger partial charge in [-0.3, -0.25) is 0 Å². The highest BCUT2D eigenvalue weighted by Crippen LogP contribution is 2.26. The zero-order valence-electron chi connectivity index (χ0n) is 15.7. The monoisotopic (exact) mass is 408 g/mol. The van der Waals surface area contributed by atoms with Gasteiger partial charge in [-0.2, -0.15) is 4.31 Å². The van der Waals surface area contributed by atoms with Gasteiger partial charge in [0.25, 0.3) is 0 Å². The van der Waals surface area contributed by atoms with Crippen molar-refractivity contribution in [2.75, 3.05) is 13.1 Å². The average Bonchev–Trinajstić information content (AvgIpc) is 3.04. The molecule has 1 aliphatic rings. The first-order valence-electron chi connectivity index (χ1n) is 8.94. The van der Waals surface area contributed by atoms with E-state index in [-0.39, 0.29) is 11.5 Å². The van der Waals surface area contributed by atoms with E-state index < -0.39 is 16.0 Å². The number of sulfonamides is 1. The number of benzene rings is 1. The lowest BCUT2D eigenvalue weighted by atomic mass is 9.94. The minimum atomic E-state index is -3.55. The molecule has 0 bridgehead atoms. The van der Waals surface area contributed by atoms with Crippen LogP contribution in [0.5, 0.6) is 0 Å². The van der Waals surface area contributed by atoms with Gasteiger partial charge >= 0.3 is 5.97 Å². The van der Waals surface area contributed by atoms with E-state index in [1.54, 1.807) is 4.31 Å².